The second kappa shape index (κ2) is 7.42. The number of pyridine rings is 1. The summed E-state index contributed by atoms with van der Waals surface area (Å²) in [6.07, 6.45) is 1.65. The number of nitrogens with two attached hydrogens (primary N) is 1. The Labute approximate surface area is 157 Å². The van der Waals surface area contributed by atoms with Gasteiger partial charge in [-0.2, -0.15) is 0 Å². The minimum absolute atomic E-state index is 0. The number of hydrogen-bond acceptors (Lipinski definition) is 4. The van der Waals surface area contributed by atoms with E-state index in [-0.39, 0.29) is 24.2 Å². The molecule has 3 heterocycles. The molecule has 0 unspecified atom stereocenters. The Kier molecular flexibility index (Phi) is 5.25. The summed E-state index contributed by atoms with van der Waals surface area (Å²) in [6, 6.07) is 14.6. The molecule has 3 aromatic rings. The van der Waals surface area contributed by atoms with E-state index in [9.17, 15) is 4.79 Å². The molecule has 0 atom stereocenters. The van der Waals surface area contributed by atoms with Gasteiger partial charge in [-0.15, -0.1) is 23.7 Å². The molecule has 0 aliphatic carbocycles. The number of halogens is 1. The van der Waals surface area contributed by atoms with E-state index >= 15 is 0 Å². The fourth-order valence-corrected chi connectivity index (χ4v) is 4.14. The number of carbonyl (C=O) groups excluding carboxylic acids is 1. The molecule has 1 saturated heterocycles. The third-order valence-electron chi connectivity index (χ3n) is 4.72. The van der Waals surface area contributed by atoms with Gasteiger partial charge in [0.15, 0.2) is 0 Å². The van der Waals surface area contributed by atoms with Crippen molar-refractivity contribution in [2.24, 2.45) is 11.7 Å². The molecule has 6 heteroatoms. The van der Waals surface area contributed by atoms with Crippen LogP contribution in [0.25, 0.3) is 21.5 Å². The average Bonchev–Trinajstić information content (AvgIpc) is 3.10. The van der Waals surface area contributed by atoms with Crippen molar-refractivity contribution in [3.63, 3.8) is 0 Å². The van der Waals surface area contributed by atoms with Gasteiger partial charge < -0.3 is 10.6 Å². The topological polar surface area (TPSA) is 59.2 Å². The smallest absolute Gasteiger partial charge is 0.220 e. The standard InChI is InChI=1S/C19H19N3OS.ClH/c20-18(23)14-6-9-22(10-7-14)17-12-16(13-4-2-1-3-5-13)21-19-15(17)8-11-24-19;/h1-5,8,11-12,14H,6-7,9-10H2,(H2,20,23);1H. The van der Waals surface area contributed by atoms with E-state index in [1.54, 1.807) is 11.3 Å². The second-order valence-electron chi connectivity index (χ2n) is 6.20. The largest absolute Gasteiger partial charge is 0.371 e. The minimum atomic E-state index is -0.171. The van der Waals surface area contributed by atoms with Gasteiger partial charge in [0.1, 0.15) is 4.83 Å². The van der Waals surface area contributed by atoms with Crippen LogP contribution in [-0.4, -0.2) is 24.0 Å². The number of primary amides is 1. The maximum atomic E-state index is 11.4. The maximum Gasteiger partial charge on any atom is 0.220 e. The van der Waals surface area contributed by atoms with Crippen LogP contribution in [0.2, 0.25) is 0 Å². The lowest BCUT2D eigenvalue weighted by Gasteiger charge is -2.33. The number of rotatable bonds is 3. The lowest BCUT2D eigenvalue weighted by atomic mass is 9.95. The van der Waals surface area contributed by atoms with Gasteiger partial charge in [-0.05, 0) is 30.4 Å². The van der Waals surface area contributed by atoms with Gasteiger partial charge in [-0.1, -0.05) is 30.3 Å². The van der Waals surface area contributed by atoms with Crippen molar-refractivity contribution in [1.82, 2.24) is 4.98 Å². The van der Waals surface area contributed by atoms with Crippen molar-refractivity contribution < 1.29 is 4.79 Å². The number of nitrogens with zero attached hydrogens (tertiary/aromatic N) is 2. The zero-order valence-corrected chi connectivity index (χ0v) is 15.4. The van der Waals surface area contributed by atoms with E-state index < -0.39 is 0 Å². The third kappa shape index (κ3) is 3.48. The Bertz CT molecular complexity index is 873. The van der Waals surface area contributed by atoms with Crippen LogP contribution < -0.4 is 10.6 Å². The summed E-state index contributed by atoms with van der Waals surface area (Å²) in [5, 5.41) is 3.28. The molecule has 1 fully saturated rings. The van der Waals surface area contributed by atoms with Crippen molar-refractivity contribution in [3.05, 3.63) is 47.8 Å². The molecular weight excluding hydrogens is 354 g/mol. The molecule has 0 saturated carbocycles. The number of carbonyl (C=O) groups is 1. The van der Waals surface area contributed by atoms with Gasteiger partial charge in [-0.25, -0.2) is 4.98 Å². The Morgan fingerprint density at radius 1 is 1.16 bits per heavy atom. The highest BCUT2D eigenvalue weighted by Crippen LogP contribution is 2.35. The molecule has 4 rings (SSSR count). The molecule has 2 N–H and O–H groups in total. The number of benzene rings is 1. The summed E-state index contributed by atoms with van der Waals surface area (Å²) in [5.74, 6) is -0.162. The Morgan fingerprint density at radius 2 is 1.88 bits per heavy atom. The minimum Gasteiger partial charge on any atom is -0.371 e. The first-order valence-electron chi connectivity index (χ1n) is 8.20. The van der Waals surface area contributed by atoms with Crippen molar-refractivity contribution in [2.75, 3.05) is 18.0 Å². The number of hydrogen-bond donors (Lipinski definition) is 1. The third-order valence-corrected chi connectivity index (χ3v) is 5.53. The number of anilines is 1. The number of piperidine rings is 1. The molecule has 1 aliphatic heterocycles. The van der Waals surface area contributed by atoms with E-state index in [0.717, 1.165) is 42.0 Å². The number of aromatic nitrogens is 1. The molecule has 1 aromatic carbocycles. The summed E-state index contributed by atoms with van der Waals surface area (Å²) < 4.78 is 0. The highest BCUT2D eigenvalue weighted by molar-refractivity contribution is 7.16. The van der Waals surface area contributed by atoms with Crippen molar-refractivity contribution >= 4 is 45.6 Å². The fourth-order valence-electron chi connectivity index (χ4n) is 3.36. The van der Waals surface area contributed by atoms with Gasteiger partial charge in [0.2, 0.25) is 5.91 Å². The predicted octanol–water partition coefficient (Wildman–Crippen LogP) is 4.09. The van der Waals surface area contributed by atoms with E-state index in [4.69, 9.17) is 10.7 Å². The number of amides is 1. The number of thiophene rings is 1. The number of fused-ring (bicyclic) bond motifs is 1. The molecular formula is C19H20ClN3OS. The first-order chi connectivity index (χ1) is 11.7. The van der Waals surface area contributed by atoms with Gasteiger partial charge >= 0.3 is 0 Å². The van der Waals surface area contributed by atoms with Gasteiger partial charge in [0, 0.05) is 35.6 Å². The predicted molar refractivity (Wildman–Crippen MR) is 106 cm³/mol. The molecule has 0 spiro atoms. The maximum absolute atomic E-state index is 11.4. The van der Waals surface area contributed by atoms with E-state index in [0.29, 0.717) is 0 Å². The average molecular weight is 374 g/mol. The first kappa shape index (κ1) is 17.7. The van der Waals surface area contributed by atoms with E-state index in [1.807, 2.05) is 18.2 Å². The lowest BCUT2D eigenvalue weighted by Crippen LogP contribution is -2.38. The molecule has 130 valence electrons. The summed E-state index contributed by atoms with van der Waals surface area (Å²) in [5.41, 5.74) is 8.79. The highest BCUT2D eigenvalue weighted by Gasteiger charge is 2.24. The van der Waals surface area contributed by atoms with Crippen LogP contribution in [0, 0.1) is 5.92 Å². The summed E-state index contributed by atoms with van der Waals surface area (Å²) in [6.45, 7) is 1.72. The van der Waals surface area contributed by atoms with Crippen LogP contribution in [0.3, 0.4) is 0 Å². The molecule has 25 heavy (non-hydrogen) atoms. The van der Waals surface area contributed by atoms with Crippen LogP contribution in [0.15, 0.2) is 47.8 Å². The van der Waals surface area contributed by atoms with Crippen LogP contribution in [0.5, 0.6) is 0 Å². The fraction of sp³-hybridized carbons (Fsp3) is 0.263. The Hall–Kier alpha value is -2.11. The van der Waals surface area contributed by atoms with E-state index in [1.165, 1.54) is 11.1 Å². The van der Waals surface area contributed by atoms with Crippen molar-refractivity contribution in [3.8, 4) is 11.3 Å². The molecule has 1 aliphatic rings. The zero-order chi connectivity index (χ0) is 16.5. The summed E-state index contributed by atoms with van der Waals surface area (Å²) in [4.78, 5) is 19.6. The monoisotopic (exact) mass is 373 g/mol. The SMILES string of the molecule is Cl.NC(=O)C1CCN(c2cc(-c3ccccc3)nc3sccc23)CC1. The lowest BCUT2D eigenvalue weighted by molar-refractivity contribution is -0.122. The summed E-state index contributed by atoms with van der Waals surface area (Å²) >= 11 is 1.67. The quantitative estimate of drug-likeness (QED) is 0.752. The second-order valence-corrected chi connectivity index (χ2v) is 7.09. The zero-order valence-electron chi connectivity index (χ0n) is 13.7. The van der Waals surface area contributed by atoms with Crippen LogP contribution in [0.1, 0.15) is 12.8 Å². The van der Waals surface area contributed by atoms with Crippen molar-refractivity contribution in [2.45, 2.75) is 12.8 Å². The molecule has 1 amide bonds. The molecule has 0 radical (unpaired) electrons. The van der Waals surface area contributed by atoms with Gasteiger partial charge in [0.25, 0.3) is 0 Å². The summed E-state index contributed by atoms with van der Waals surface area (Å²) in [7, 11) is 0. The van der Waals surface area contributed by atoms with Gasteiger partial charge in [0.05, 0.1) is 5.69 Å². The Morgan fingerprint density at radius 3 is 2.56 bits per heavy atom. The normalized spacial score (nSPS) is 15.1. The van der Waals surface area contributed by atoms with Crippen LogP contribution in [-0.2, 0) is 4.79 Å². The molecule has 4 nitrogen and oxygen atoms in total. The first-order valence-corrected chi connectivity index (χ1v) is 9.08. The highest BCUT2D eigenvalue weighted by atomic mass is 35.5. The molecule has 0 bridgehead atoms. The molecule has 2 aromatic heterocycles. The van der Waals surface area contributed by atoms with Crippen LogP contribution >= 0.6 is 23.7 Å². The van der Waals surface area contributed by atoms with Crippen LogP contribution in [0.4, 0.5) is 5.69 Å². The van der Waals surface area contributed by atoms with Crippen molar-refractivity contribution in [1.29, 1.82) is 0 Å². The van der Waals surface area contributed by atoms with Gasteiger partial charge in [-0.3, -0.25) is 4.79 Å². The Balaban J connectivity index is 0.00000182. The van der Waals surface area contributed by atoms with E-state index in [2.05, 4.69) is 34.5 Å².